The van der Waals surface area contributed by atoms with Crippen molar-refractivity contribution < 1.29 is 9.59 Å². The second kappa shape index (κ2) is 6.20. The Hall–Kier alpha value is -2.76. The topological polar surface area (TPSA) is 89.0 Å². The van der Waals surface area contributed by atoms with E-state index < -0.39 is 11.3 Å². The van der Waals surface area contributed by atoms with Crippen molar-refractivity contribution in [2.75, 3.05) is 0 Å². The van der Waals surface area contributed by atoms with E-state index in [1.807, 2.05) is 20.8 Å². The highest BCUT2D eigenvalue weighted by atomic mass is 16.2. The number of rotatable bonds is 3. The van der Waals surface area contributed by atoms with Crippen LogP contribution in [0.1, 0.15) is 64.0 Å². The van der Waals surface area contributed by atoms with Crippen molar-refractivity contribution in [2.24, 2.45) is 11.8 Å². The number of H-pyrrole nitrogens is 1. The predicted molar refractivity (Wildman–Crippen MR) is 98.1 cm³/mol. The highest BCUT2D eigenvalue weighted by Gasteiger charge is 2.36. The van der Waals surface area contributed by atoms with Crippen LogP contribution in [-0.2, 0) is 6.54 Å². The molecule has 3 rings (SSSR count). The van der Waals surface area contributed by atoms with Crippen LogP contribution >= 0.6 is 0 Å². The smallest absolute Gasteiger partial charge is 0.251 e. The molecule has 6 heteroatoms. The Balaban J connectivity index is 2.34. The average molecular weight is 354 g/mol. The van der Waals surface area contributed by atoms with E-state index in [-0.39, 0.29) is 39.8 Å². The SMILES string of the molecule is Cc1cc(=O)[nH]c2c1C(=O)c1c(C)cc(=O)n(CC(C)C(C)C)c1C2=O. The van der Waals surface area contributed by atoms with Crippen LogP contribution in [0.5, 0.6) is 0 Å². The van der Waals surface area contributed by atoms with Gasteiger partial charge in [0.05, 0.1) is 11.1 Å². The van der Waals surface area contributed by atoms with Crippen molar-refractivity contribution in [2.45, 2.75) is 41.2 Å². The van der Waals surface area contributed by atoms with Crippen LogP contribution in [0.3, 0.4) is 0 Å². The molecule has 0 aliphatic heterocycles. The van der Waals surface area contributed by atoms with Crippen LogP contribution < -0.4 is 11.1 Å². The molecule has 0 amide bonds. The maximum atomic E-state index is 13.2. The third-order valence-corrected chi connectivity index (χ3v) is 5.25. The number of aromatic nitrogens is 2. The molecule has 1 aliphatic rings. The first kappa shape index (κ1) is 18.0. The van der Waals surface area contributed by atoms with Gasteiger partial charge in [-0.25, -0.2) is 0 Å². The van der Waals surface area contributed by atoms with Crippen molar-refractivity contribution in [3.05, 3.63) is 66.5 Å². The Bertz CT molecular complexity index is 1060. The van der Waals surface area contributed by atoms with Crippen LogP contribution in [0.4, 0.5) is 0 Å². The van der Waals surface area contributed by atoms with E-state index in [4.69, 9.17) is 0 Å². The lowest BCUT2D eigenvalue weighted by molar-refractivity contribution is 0.0963. The molecule has 1 unspecified atom stereocenters. The van der Waals surface area contributed by atoms with Gasteiger partial charge in [-0.3, -0.25) is 19.2 Å². The Kier molecular flexibility index (Phi) is 4.30. The van der Waals surface area contributed by atoms with E-state index in [1.54, 1.807) is 13.8 Å². The molecule has 136 valence electrons. The highest BCUT2D eigenvalue weighted by molar-refractivity contribution is 6.27. The first-order chi connectivity index (χ1) is 12.1. The second-order valence-electron chi connectivity index (χ2n) is 7.45. The number of aromatic amines is 1. The molecule has 1 N–H and O–H groups in total. The maximum absolute atomic E-state index is 13.2. The second-order valence-corrected chi connectivity index (χ2v) is 7.45. The van der Waals surface area contributed by atoms with E-state index in [2.05, 4.69) is 4.98 Å². The number of aryl methyl sites for hydroxylation is 2. The molecule has 0 bridgehead atoms. The minimum Gasteiger partial charge on any atom is -0.318 e. The van der Waals surface area contributed by atoms with Crippen molar-refractivity contribution in [1.82, 2.24) is 9.55 Å². The molecule has 0 saturated carbocycles. The van der Waals surface area contributed by atoms with Crippen LogP contribution in [0.15, 0.2) is 21.7 Å². The normalized spacial score (nSPS) is 14.4. The number of carbonyl (C=O) groups excluding carboxylic acids is 2. The monoisotopic (exact) mass is 354 g/mol. The molecular weight excluding hydrogens is 332 g/mol. The van der Waals surface area contributed by atoms with Crippen molar-refractivity contribution in [1.29, 1.82) is 0 Å². The molecule has 2 heterocycles. The molecule has 1 aliphatic carbocycles. The molecule has 6 nitrogen and oxygen atoms in total. The van der Waals surface area contributed by atoms with Crippen LogP contribution in [-0.4, -0.2) is 21.1 Å². The van der Waals surface area contributed by atoms with E-state index in [0.29, 0.717) is 23.6 Å². The highest BCUT2D eigenvalue weighted by Crippen LogP contribution is 2.29. The van der Waals surface area contributed by atoms with Gasteiger partial charge in [-0.05, 0) is 36.8 Å². The fourth-order valence-corrected chi connectivity index (χ4v) is 3.36. The number of carbonyl (C=O) groups is 2. The lowest BCUT2D eigenvalue weighted by Gasteiger charge is -2.25. The first-order valence-electron chi connectivity index (χ1n) is 8.71. The number of ketones is 2. The molecule has 0 radical (unpaired) electrons. The van der Waals surface area contributed by atoms with Gasteiger partial charge in [0.1, 0.15) is 11.4 Å². The van der Waals surface area contributed by atoms with E-state index >= 15 is 0 Å². The maximum Gasteiger partial charge on any atom is 0.251 e. The van der Waals surface area contributed by atoms with Gasteiger partial charge in [0.15, 0.2) is 5.78 Å². The summed E-state index contributed by atoms with van der Waals surface area (Å²) in [6.07, 6.45) is 0. The van der Waals surface area contributed by atoms with E-state index in [0.717, 1.165) is 0 Å². The largest absolute Gasteiger partial charge is 0.318 e. The molecule has 2 aromatic rings. The molecule has 1 atom stereocenters. The van der Waals surface area contributed by atoms with Gasteiger partial charge in [-0.1, -0.05) is 20.8 Å². The summed E-state index contributed by atoms with van der Waals surface area (Å²) < 4.78 is 1.39. The third kappa shape index (κ3) is 2.66. The molecular formula is C20H22N2O4. The quantitative estimate of drug-likeness (QED) is 0.781. The summed E-state index contributed by atoms with van der Waals surface area (Å²) >= 11 is 0. The number of hydrogen-bond acceptors (Lipinski definition) is 4. The zero-order chi connectivity index (χ0) is 19.3. The van der Waals surface area contributed by atoms with Crippen LogP contribution in [0.25, 0.3) is 0 Å². The van der Waals surface area contributed by atoms with Gasteiger partial charge in [0, 0.05) is 18.7 Å². The number of pyridine rings is 2. The summed E-state index contributed by atoms with van der Waals surface area (Å²) in [5.41, 5.74) is 0.718. The van der Waals surface area contributed by atoms with Gasteiger partial charge in [-0.15, -0.1) is 0 Å². The van der Waals surface area contributed by atoms with E-state index in [9.17, 15) is 19.2 Å². The molecule has 2 aromatic heterocycles. The summed E-state index contributed by atoms with van der Waals surface area (Å²) in [5.74, 6) is -0.359. The minimum absolute atomic E-state index is 0.0246. The molecule has 26 heavy (non-hydrogen) atoms. The minimum atomic E-state index is -0.479. The van der Waals surface area contributed by atoms with E-state index in [1.165, 1.54) is 16.7 Å². The molecule has 0 saturated heterocycles. The summed E-state index contributed by atoms with van der Waals surface area (Å²) in [6, 6.07) is 2.71. The van der Waals surface area contributed by atoms with Crippen LogP contribution in [0, 0.1) is 25.7 Å². The third-order valence-electron chi connectivity index (χ3n) is 5.25. The van der Waals surface area contributed by atoms with Gasteiger partial charge in [0.2, 0.25) is 11.3 Å². The Labute approximate surface area is 150 Å². The zero-order valence-corrected chi connectivity index (χ0v) is 15.6. The van der Waals surface area contributed by atoms with Crippen molar-refractivity contribution >= 4 is 11.6 Å². The summed E-state index contributed by atoms with van der Waals surface area (Å²) in [5, 5.41) is 0. The fourth-order valence-electron chi connectivity index (χ4n) is 3.36. The molecule has 0 aromatic carbocycles. The standard InChI is InChI=1S/C20H22N2O4/c1-9(2)12(5)8-22-14(24)7-11(4)16-18(22)20(26)17-15(19(16)25)10(3)6-13(23)21-17/h6-7,9,12H,8H2,1-5H3,(H,21,23). The van der Waals surface area contributed by atoms with Crippen molar-refractivity contribution in [3.63, 3.8) is 0 Å². The van der Waals surface area contributed by atoms with Gasteiger partial charge in [-0.2, -0.15) is 0 Å². The summed E-state index contributed by atoms with van der Waals surface area (Å²) in [6.45, 7) is 9.71. The number of hydrogen-bond donors (Lipinski definition) is 1. The molecule has 0 fully saturated rings. The zero-order valence-electron chi connectivity index (χ0n) is 15.6. The van der Waals surface area contributed by atoms with Gasteiger partial charge >= 0.3 is 0 Å². The predicted octanol–water partition coefficient (Wildman–Crippen LogP) is 2.22. The number of nitrogens with one attached hydrogen (secondary N) is 1. The Morgan fingerprint density at radius 1 is 0.923 bits per heavy atom. The van der Waals surface area contributed by atoms with Crippen molar-refractivity contribution in [3.8, 4) is 0 Å². The molecule has 0 spiro atoms. The Morgan fingerprint density at radius 2 is 1.54 bits per heavy atom. The Morgan fingerprint density at radius 3 is 2.15 bits per heavy atom. The van der Waals surface area contributed by atoms with Gasteiger partial charge in [0.25, 0.3) is 5.56 Å². The average Bonchev–Trinajstić information content (AvgIpc) is 2.53. The number of nitrogens with zero attached hydrogens (tertiary/aromatic N) is 1. The lowest BCUT2D eigenvalue weighted by atomic mass is 9.85. The lowest BCUT2D eigenvalue weighted by Crippen LogP contribution is -2.37. The van der Waals surface area contributed by atoms with Gasteiger partial charge < -0.3 is 9.55 Å². The summed E-state index contributed by atoms with van der Waals surface area (Å²) in [7, 11) is 0. The number of fused-ring (bicyclic) bond motifs is 2. The first-order valence-corrected chi connectivity index (χ1v) is 8.71. The summed E-state index contributed by atoms with van der Waals surface area (Å²) in [4.78, 5) is 53.2. The van der Waals surface area contributed by atoms with Crippen LogP contribution in [0.2, 0.25) is 0 Å². The fraction of sp³-hybridized carbons (Fsp3) is 0.400.